The Morgan fingerprint density at radius 3 is 2.72 bits per heavy atom. The van der Waals surface area contributed by atoms with E-state index in [2.05, 4.69) is 24.1 Å². The second-order valence-electron chi connectivity index (χ2n) is 6.51. The number of unbranched alkanes of at least 4 members (excludes halogenated alkanes) is 1. The van der Waals surface area contributed by atoms with E-state index >= 15 is 0 Å². The van der Waals surface area contributed by atoms with Crippen molar-refractivity contribution in [3.8, 4) is 0 Å². The van der Waals surface area contributed by atoms with E-state index in [4.69, 9.17) is 0 Å². The fraction of sp³-hybridized carbons (Fsp3) is 1.00. The van der Waals surface area contributed by atoms with E-state index in [9.17, 15) is 0 Å². The Morgan fingerprint density at radius 1 is 1.22 bits per heavy atom. The minimum atomic E-state index is 0.881. The Kier molecular flexibility index (Phi) is 5.97. The van der Waals surface area contributed by atoms with Crippen molar-refractivity contribution in [1.82, 2.24) is 10.2 Å². The summed E-state index contributed by atoms with van der Waals surface area (Å²) in [5.41, 5.74) is 0. The van der Waals surface area contributed by atoms with Gasteiger partial charge < -0.3 is 10.2 Å². The molecule has 2 nitrogen and oxygen atoms in total. The van der Waals surface area contributed by atoms with Crippen LogP contribution in [0.5, 0.6) is 0 Å². The molecule has 0 radical (unpaired) electrons. The summed E-state index contributed by atoms with van der Waals surface area (Å²) in [5.74, 6) is 1.87. The summed E-state index contributed by atoms with van der Waals surface area (Å²) in [6.45, 7) is 10.00. The van der Waals surface area contributed by atoms with Crippen LogP contribution in [-0.4, -0.2) is 37.1 Å². The molecule has 18 heavy (non-hydrogen) atoms. The molecule has 1 aliphatic carbocycles. The fourth-order valence-electron chi connectivity index (χ4n) is 3.15. The van der Waals surface area contributed by atoms with Gasteiger partial charge in [0.1, 0.15) is 0 Å². The summed E-state index contributed by atoms with van der Waals surface area (Å²) in [7, 11) is 0. The molecule has 2 fully saturated rings. The lowest BCUT2D eigenvalue weighted by Crippen LogP contribution is -2.30. The smallest absolute Gasteiger partial charge is 0.00683 e. The molecule has 2 rings (SSSR count). The van der Waals surface area contributed by atoms with Crippen molar-refractivity contribution in [2.24, 2.45) is 11.8 Å². The zero-order valence-electron chi connectivity index (χ0n) is 12.5. The van der Waals surface area contributed by atoms with Crippen LogP contribution in [0.1, 0.15) is 58.8 Å². The number of hydrogen-bond donors (Lipinski definition) is 1. The van der Waals surface area contributed by atoms with Crippen LogP contribution in [0, 0.1) is 11.8 Å². The molecule has 1 heterocycles. The summed E-state index contributed by atoms with van der Waals surface area (Å²) >= 11 is 0. The maximum Gasteiger partial charge on any atom is 0.00683 e. The minimum absolute atomic E-state index is 0.881. The predicted octanol–water partition coefficient (Wildman–Crippen LogP) is 3.28. The fourth-order valence-corrected chi connectivity index (χ4v) is 3.15. The van der Waals surface area contributed by atoms with Gasteiger partial charge in [-0.1, -0.05) is 33.1 Å². The third-order valence-electron chi connectivity index (χ3n) is 4.70. The molecular formula is C16H32N2. The van der Waals surface area contributed by atoms with E-state index in [1.165, 1.54) is 71.1 Å². The first kappa shape index (κ1) is 14.3. The SMILES string of the molecule is CCCCC(CC)CN1CCC(CNC2CC2)C1. The van der Waals surface area contributed by atoms with Crippen molar-refractivity contribution in [2.45, 2.75) is 64.8 Å². The molecule has 1 saturated heterocycles. The van der Waals surface area contributed by atoms with E-state index in [1.807, 2.05) is 0 Å². The summed E-state index contributed by atoms with van der Waals surface area (Å²) in [4.78, 5) is 2.73. The van der Waals surface area contributed by atoms with Crippen LogP contribution in [0.2, 0.25) is 0 Å². The summed E-state index contributed by atoms with van der Waals surface area (Å²) < 4.78 is 0. The van der Waals surface area contributed by atoms with Gasteiger partial charge in [-0.05, 0) is 50.6 Å². The lowest BCUT2D eigenvalue weighted by Gasteiger charge is -2.23. The average molecular weight is 252 g/mol. The van der Waals surface area contributed by atoms with Crippen LogP contribution < -0.4 is 5.32 Å². The van der Waals surface area contributed by atoms with Crippen LogP contribution in [0.15, 0.2) is 0 Å². The Balaban J connectivity index is 1.60. The van der Waals surface area contributed by atoms with Crippen molar-refractivity contribution in [3.63, 3.8) is 0 Å². The molecule has 1 saturated carbocycles. The molecule has 0 amide bonds. The first-order chi connectivity index (χ1) is 8.81. The Hall–Kier alpha value is -0.0800. The number of hydrogen-bond acceptors (Lipinski definition) is 2. The first-order valence-corrected chi connectivity index (χ1v) is 8.27. The first-order valence-electron chi connectivity index (χ1n) is 8.27. The monoisotopic (exact) mass is 252 g/mol. The molecule has 1 aliphatic heterocycles. The highest BCUT2D eigenvalue weighted by Crippen LogP contribution is 2.23. The van der Waals surface area contributed by atoms with E-state index in [0.29, 0.717) is 0 Å². The van der Waals surface area contributed by atoms with Gasteiger partial charge in [0.15, 0.2) is 0 Å². The molecule has 1 N–H and O–H groups in total. The second-order valence-corrected chi connectivity index (χ2v) is 6.51. The highest BCUT2D eigenvalue weighted by Gasteiger charge is 2.26. The van der Waals surface area contributed by atoms with Gasteiger partial charge in [-0.25, -0.2) is 0 Å². The zero-order valence-corrected chi connectivity index (χ0v) is 12.5. The Morgan fingerprint density at radius 2 is 2.06 bits per heavy atom. The number of likely N-dealkylation sites (tertiary alicyclic amines) is 1. The zero-order chi connectivity index (χ0) is 12.8. The Bertz CT molecular complexity index is 225. The van der Waals surface area contributed by atoms with Crippen LogP contribution in [-0.2, 0) is 0 Å². The molecule has 2 heteroatoms. The van der Waals surface area contributed by atoms with Gasteiger partial charge >= 0.3 is 0 Å². The van der Waals surface area contributed by atoms with Crippen molar-refractivity contribution in [2.75, 3.05) is 26.2 Å². The van der Waals surface area contributed by atoms with E-state index < -0.39 is 0 Å². The van der Waals surface area contributed by atoms with Crippen molar-refractivity contribution in [1.29, 1.82) is 0 Å². The lowest BCUT2D eigenvalue weighted by molar-refractivity contribution is 0.252. The maximum atomic E-state index is 3.69. The van der Waals surface area contributed by atoms with Crippen molar-refractivity contribution >= 4 is 0 Å². The highest BCUT2D eigenvalue weighted by atomic mass is 15.2. The molecular weight excluding hydrogens is 220 g/mol. The molecule has 0 bridgehead atoms. The lowest BCUT2D eigenvalue weighted by atomic mass is 9.99. The van der Waals surface area contributed by atoms with Gasteiger partial charge in [-0.15, -0.1) is 0 Å². The number of nitrogens with one attached hydrogen (secondary N) is 1. The summed E-state index contributed by atoms with van der Waals surface area (Å²) in [5, 5.41) is 3.69. The maximum absolute atomic E-state index is 3.69. The molecule has 0 aromatic heterocycles. The second kappa shape index (κ2) is 7.49. The van der Waals surface area contributed by atoms with Crippen molar-refractivity contribution < 1.29 is 0 Å². The van der Waals surface area contributed by atoms with E-state index in [1.54, 1.807) is 0 Å². The van der Waals surface area contributed by atoms with E-state index in [0.717, 1.165) is 17.9 Å². The van der Waals surface area contributed by atoms with Gasteiger partial charge in [-0.3, -0.25) is 0 Å². The van der Waals surface area contributed by atoms with Gasteiger partial charge in [0, 0.05) is 19.1 Å². The van der Waals surface area contributed by atoms with Crippen LogP contribution in [0.4, 0.5) is 0 Å². The summed E-state index contributed by atoms with van der Waals surface area (Å²) in [6.07, 6.45) is 9.83. The average Bonchev–Trinajstić information content (AvgIpc) is 3.12. The molecule has 2 atom stereocenters. The van der Waals surface area contributed by atoms with Crippen molar-refractivity contribution in [3.05, 3.63) is 0 Å². The molecule has 0 spiro atoms. The summed E-state index contributed by atoms with van der Waals surface area (Å²) in [6, 6.07) is 0.881. The molecule has 2 aliphatic rings. The third-order valence-corrected chi connectivity index (χ3v) is 4.70. The Labute approximate surface area is 114 Å². The quantitative estimate of drug-likeness (QED) is 0.677. The molecule has 106 valence electrons. The molecule has 0 aromatic carbocycles. The number of nitrogens with zero attached hydrogens (tertiary/aromatic N) is 1. The van der Waals surface area contributed by atoms with Gasteiger partial charge in [0.2, 0.25) is 0 Å². The topological polar surface area (TPSA) is 15.3 Å². The van der Waals surface area contributed by atoms with Crippen LogP contribution >= 0.6 is 0 Å². The molecule has 0 aromatic rings. The number of rotatable bonds is 9. The largest absolute Gasteiger partial charge is 0.314 e. The third kappa shape index (κ3) is 4.89. The van der Waals surface area contributed by atoms with Crippen LogP contribution in [0.25, 0.3) is 0 Å². The predicted molar refractivity (Wildman–Crippen MR) is 78.9 cm³/mol. The van der Waals surface area contributed by atoms with Gasteiger partial charge in [-0.2, -0.15) is 0 Å². The highest BCUT2D eigenvalue weighted by molar-refractivity contribution is 4.85. The molecule has 2 unspecified atom stereocenters. The van der Waals surface area contributed by atoms with E-state index in [-0.39, 0.29) is 0 Å². The van der Waals surface area contributed by atoms with Crippen LogP contribution in [0.3, 0.4) is 0 Å². The van der Waals surface area contributed by atoms with Gasteiger partial charge in [0.05, 0.1) is 0 Å². The van der Waals surface area contributed by atoms with Gasteiger partial charge in [0.25, 0.3) is 0 Å². The minimum Gasteiger partial charge on any atom is -0.314 e. The standard InChI is InChI=1S/C16H32N2/c1-3-5-6-14(4-2)12-18-10-9-15(13-18)11-17-16-7-8-16/h14-17H,3-13H2,1-2H3. The normalized spacial score (nSPS) is 26.7.